The summed E-state index contributed by atoms with van der Waals surface area (Å²) in [5, 5.41) is 3.30. The molecule has 1 amide bonds. The van der Waals surface area contributed by atoms with Crippen LogP contribution in [0.3, 0.4) is 0 Å². The zero-order valence-corrected chi connectivity index (χ0v) is 11.9. The van der Waals surface area contributed by atoms with Crippen LogP contribution in [0.2, 0.25) is 0 Å². The number of sulfone groups is 1. The van der Waals surface area contributed by atoms with Crippen LogP contribution in [0, 0.1) is 11.8 Å². The predicted molar refractivity (Wildman–Crippen MR) is 70.0 cm³/mol. The molecule has 0 radical (unpaired) electrons. The zero-order chi connectivity index (χ0) is 13.3. The van der Waals surface area contributed by atoms with Crippen LogP contribution >= 0.6 is 0 Å². The largest absolute Gasteiger partial charge is 0.343 e. The second-order valence-corrected chi connectivity index (χ2v) is 7.89. The van der Waals surface area contributed by atoms with Gasteiger partial charge in [0.25, 0.3) is 0 Å². The van der Waals surface area contributed by atoms with Gasteiger partial charge in [0.05, 0.1) is 11.8 Å². The number of rotatable bonds is 4. The molecular weight excluding hydrogens is 252 g/mol. The predicted octanol–water partition coefficient (Wildman–Crippen LogP) is -0.122. The summed E-state index contributed by atoms with van der Waals surface area (Å²) in [5.74, 6) is 1.18. The number of hydrogen-bond acceptors (Lipinski definition) is 4. The van der Waals surface area contributed by atoms with Crippen LogP contribution in [0.4, 0.5) is 0 Å². The van der Waals surface area contributed by atoms with E-state index in [1.165, 1.54) is 19.1 Å². The number of nitrogens with zero attached hydrogens (tertiary/aromatic N) is 1. The maximum Gasteiger partial charge on any atom is 0.239 e. The van der Waals surface area contributed by atoms with E-state index in [2.05, 4.69) is 5.32 Å². The first-order valence-corrected chi connectivity index (χ1v) is 8.60. The highest BCUT2D eigenvalue weighted by Crippen LogP contribution is 2.38. The third-order valence-electron chi connectivity index (χ3n) is 4.19. The molecular formula is C12H22N2O3S. The van der Waals surface area contributed by atoms with Gasteiger partial charge >= 0.3 is 0 Å². The molecule has 18 heavy (non-hydrogen) atoms. The number of carbonyl (C=O) groups is 1. The first-order valence-electron chi connectivity index (χ1n) is 6.54. The number of fused-ring (bicyclic) bond motifs is 1. The summed E-state index contributed by atoms with van der Waals surface area (Å²) in [6.45, 7) is 1.22. The maximum absolute atomic E-state index is 12.3. The van der Waals surface area contributed by atoms with Gasteiger partial charge in [-0.15, -0.1) is 0 Å². The average molecular weight is 274 g/mol. The number of hydrogen-bond donors (Lipinski definition) is 1. The van der Waals surface area contributed by atoms with E-state index in [4.69, 9.17) is 0 Å². The van der Waals surface area contributed by atoms with Crippen molar-refractivity contribution in [2.75, 3.05) is 32.1 Å². The summed E-state index contributed by atoms with van der Waals surface area (Å²) in [7, 11) is -1.32. The van der Waals surface area contributed by atoms with Crippen molar-refractivity contribution in [1.82, 2.24) is 10.2 Å². The minimum absolute atomic E-state index is 0.0378. The molecule has 1 saturated heterocycles. The van der Waals surface area contributed by atoms with Crippen molar-refractivity contribution in [2.24, 2.45) is 11.8 Å². The van der Waals surface area contributed by atoms with Gasteiger partial charge < -0.3 is 10.2 Å². The molecule has 0 aromatic heterocycles. The molecule has 1 N–H and O–H groups in total. The van der Waals surface area contributed by atoms with Crippen LogP contribution in [0.25, 0.3) is 0 Å². The van der Waals surface area contributed by atoms with E-state index < -0.39 is 9.84 Å². The number of amides is 1. The van der Waals surface area contributed by atoms with Crippen molar-refractivity contribution in [1.29, 1.82) is 0 Å². The van der Waals surface area contributed by atoms with Crippen LogP contribution in [-0.4, -0.2) is 57.4 Å². The van der Waals surface area contributed by atoms with Gasteiger partial charge in [-0.2, -0.15) is 0 Å². The molecule has 0 bridgehead atoms. The fraction of sp³-hybridized carbons (Fsp3) is 0.917. The maximum atomic E-state index is 12.3. The molecule has 0 aromatic carbocycles. The Hall–Kier alpha value is -0.620. The van der Waals surface area contributed by atoms with Crippen molar-refractivity contribution in [3.8, 4) is 0 Å². The Morgan fingerprint density at radius 1 is 1.39 bits per heavy atom. The summed E-state index contributed by atoms with van der Waals surface area (Å²) >= 11 is 0. The molecule has 2 rings (SSSR count). The van der Waals surface area contributed by atoms with Crippen molar-refractivity contribution in [2.45, 2.75) is 25.3 Å². The highest BCUT2D eigenvalue weighted by molar-refractivity contribution is 7.90. The Labute approximate surface area is 109 Å². The second-order valence-electron chi connectivity index (χ2n) is 5.63. The zero-order valence-electron chi connectivity index (χ0n) is 11.1. The van der Waals surface area contributed by atoms with Gasteiger partial charge in [0.1, 0.15) is 9.84 Å². The normalized spacial score (nSPS) is 31.3. The Morgan fingerprint density at radius 3 is 2.78 bits per heavy atom. The van der Waals surface area contributed by atoms with Crippen molar-refractivity contribution in [3.63, 3.8) is 0 Å². The summed E-state index contributed by atoms with van der Waals surface area (Å²) in [6.07, 6.45) is 4.75. The van der Waals surface area contributed by atoms with E-state index in [-0.39, 0.29) is 24.2 Å². The highest BCUT2D eigenvalue weighted by atomic mass is 32.2. The summed E-state index contributed by atoms with van der Waals surface area (Å²) in [4.78, 5) is 13.8. The molecule has 3 atom stereocenters. The van der Waals surface area contributed by atoms with Crippen LogP contribution in [0.5, 0.6) is 0 Å². The summed E-state index contributed by atoms with van der Waals surface area (Å²) < 4.78 is 22.2. The summed E-state index contributed by atoms with van der Waals surface area (Å²) in [5.41, 5.74) is 0. The minimum atomic E-state index is -3.01. The quantitative estimate of drug-likeness (QED) is 0.776. The summed E-state index contributed by atoms with van der Waals surface area (Å²) in [6, 6.07) is -0.0953. The second kappa shape index (κ2) is 5.17. The number of carbonyl (C=O) groups excluding carboxylic acids is 1. The van der Waals surface area contributed by atoms with Gasteiger partial charge in [-0.1, -0.05) is 6.42 Å². The molecule has 1 aliphatic carbocycles. The molecule has 0 spiro atoms. The van der Waals surface area contributed by atoms with Crippen LogP contribution in [0.15, 0.2) is 0 Å². The van der Waals surface area contributed by atoms with Crippen molar-refractivity contribution >= 4 is 15.7 Å². The number of likely N-dealkylation sites (N-methyl/N-ethyl adjacent to an activating group) is 1. The van der Waals surface area contributed by atoms with Crippen molar-refractivity contribution < 1.29 is 13.2 Å². The lowest BCUT2D eigenvalue weighted by atomic mass is 9.93. The molecule has 5 nitrogen and oxygen atoms in total. The van der Waals surface area contributed by atoms with E-state index in [1.807, 2.05) is 0 Å². The first-order chi connectivity index (χ1) is 8.38. The van der Waals surface area contributed by atoms with Crippen molar-refractivity contribution in [3.05, 3.63) is 0 Å². The Kier molecular flexibility index (Phi) is 3.96. The molecule has 1 aliphatic heterocycles. The standard InChI is InChI=1S/C12H22N2O3S/c1-14(6-7-18(2,16)17)12(15)11-10-5-3-4-9(10)8-13-11/h9-11,13H,3-8H2,1-2H3. The van der Waals surface area contributed by atoms with E-state index >= 15 is 0 Å². The lowest BCUT2D eigenvalue weighted by Gasteiger charge is -2.24. The first kappa shape index (κ1) is 13.8. The van der Waals surface area contributed by atoms with Gasteiger partial charge in [0, 0.05) is 19.8 Å². The van der Waals surface area contributed by atoms with Gasteiger partial charge in [0.2, 0.25) is 5.91 Å². The number of nitrogens with one attached hydrogen (secondary N) is 1. The molecule has 0 aromatic rings. The minimum Gasteiger partial charge on any atom is -0.343 e. The SMILES string of the molecule is CN(CCS(C)(=O)=O)C(=O)C1NCC2CCCC21. The van der Waals surface area contributed by atoms with Crippen LogP contribution < -0.4 is 5.32 Å². The van der Waals surface area contributed by atoms with Gasteiger partial charge in [0.15, 0.2) is 0 Å². The average Bonchev–Trinajstić information content (AvgIpc) is 2.85. The lowest BCUT2D eigenvalue weighted by molar-refractivity contribution is -0.132. The van der Waals surface area contributed by atoms with Gasteiger partial charge in [-0.05, 0) is 31.2 Å². The molecule has 6 heteroatoms. The van der Waals surface area contributed by atoms with Crippen LogP contribution in [0.1, 0.15) is 19.3 Å². The third-order valence-corrected chi connectivity index (χ3v) is 5.11. The van der Waals surface area contributed by atoms with E-state index in [0.717, 1.165) is 13.0 Å². The highest BCUT2D eigenvalue weighted by Gasteiger charge is 2.43. The molecule has 1 saturated carbocycles. The molecule has 2 fully saturated rings. The molecule has 104 valence electrons. The fourth-order valence-electron chi connectivity index (χ4n) is 3.11. The molecule has 3 unspecified atom stereocenters. The van der Waals surface area contributed by atoms with E-state index in [0.29, 0.717) is 11.8 Å². The Morgan fingerprint density at radius 2 is 2.11 bits per heavy atom. The lowest BCUT2D eigenvalue weighted by Crippen LogP contribution is -2.46. The van der Waals surface area contributed by atoms with Gasteiger partial charge in [-0.25, -0.2) is 8.42 Å². The van der Waals surface area contributed by atoms with Crippen LogP contribution in [-0.2, 0) is 14.6 Å². The Balaban J connectivity index is 1.91. The van der Waals surface area contributed by atoms with Gasteiger partial charge in [-0.3, -0.25) is 4.79 Å². The monoisotopic (exact) mass is 274 g/mol. The smallest absolute Gasteiger partial charge is 0.239 e. The Bertz CT molecular complexity index is 421. The fourth-order valence-corrected chi connectivity index (χ4v) is 3.71. The van der Waals surface area contributed by atoms with E-state index in [1.54, 1.807) is 11.9 Å². The molecule has 2 aliphatic rings. The third kappa shape index (κ3) is 3.03. The topological polar surface area (TPSA) is 66.5 Å². The van der Waals surface area contributed by atoms with E-state index in [9.17, 15) is 13.2 Å². The molecule has 1 heterocycles.